The van der Waals surface area contributed by atoms with Gasteiger partial charge in [-0.25, -0.2) is 0 Å². The molecule has 0 aliphatic rings. The molecule has 1 N–H and O–H groups in total. The topological polar surface area (TPSA) is 93.9 Å². The first-order valence-electron chi connectivity index (χ1n) is 25.9. The first-order valence-corrected chi connectivity index (χ1v) is 26.9. The van der Waals surface area contributed by atoms with Crippen molar-refractivity contribution < 1.29 is 23.6 Å². The lowest BCUT2D eigenvalue weighted by Crippen LogP contribution is -2.29. The number of esters is 2. The van der Waals surface area contributed by atoms with E-state index in [1.165, 1.54) is 154 Å². The van der Waals surface area contributed by atoms with Crippen LogP contribution in [0.1, 0.15) is 258 Å². The maximum atomic E-state index is 12.9. The SMILES string of the molecule is CCCCCCCCC(CC)OC(=O)CCCCCCCN(CCCCCCCC(=O)OC(CCCCCCCC)CCCCCCCC)CCCNSCc1ccon1. The number of ether oxygens (including phenoxy) is 2. The Morgan fingerprint density at radius 3 is 1.45 bits per heavy atom. The lowest BCUT2D eigenvalue weighted by molar-refractivity contribution is -0.150. The number of hydrogen-bond donors (Lipinski definition) is 1. The van der Waals surface area contributed by atoms with Crippen molar-refractivity contribution in [1.29, 1.82) is 0 Å². The molecule has 352 valence electrons. The number of nitrogens with one attached hydrogen (secondary N) is 1. The third-order valence-electron chi connectivity index (χ3n) is 12.0. The standard InChI is InChI=1S/C51H97N3O5S/c1-5-9-12-15-20-27-35-48(8-4)58-50(55)38-30-23-18-25-32-42-54(44-34-41-52-60-46-47-40-45-57-53-47)43-33-26-19-24-31-39-51(56)59-49(36-28-21-16-13-10-6-2)37-29-22-17-14-11-7-3/h40,45,48-49,52H,5-39,41-44,46H2,1-4H3. The van der Waals surface area contributed by atoms with Gasteiger partial charge in [0, 0.05) is 25.5 Å². The first-order chi connectivity index (χ1) is 29.5. The highest BCUT2D eigenvalue weighted by molar-refractivity contribution is 7.96. The van der Waals surface area contributed by atoms with Crippen LogP contribution in [0.3, 0.4) is 0 Å². The van der Waals surface area contributed by atoms with Gasteiger partial charge in [-0.2, -0.15) is 0 Å². The molecule has 1 unspecified atom stereocenters. The summed E-state index contributed by atoms with van der Waals surface area (Å²) in [6.45, 7) is 13.3. The van der Waals surface area contributed by atoms with E-state index in [2.05, 4.69) is 42.5 Å². The Morgan fingerprint density at radius 2 is 0.983 bits per heavy atom. The van der Waals surface area contributed by atoms with E-state index in [1.54, 1.807) is 18.2 Å². The van der Waals surface area contributed by atoms with E-state index >= 15 is 0 Å². The number of hydrogen-bond acceptors (Lipinski definition) is 9. The number of carbonyl (C=O) groups is 2. The van der Waals surface area contributed by atoms with E-state index in [0.29, 0.717) is 12.8 Å². The maximum Gasteiger partial charge on any atom is 0.306 e. The molecule has 0 aliphatic heterocycles. The van der Waals surface area contributed by atoms with Crippen LogP contribution in [0.25, 0.3) is 0 Å². The molecule has 0 saturated carbocycles. The molecule has 0 bridgehead atoms. The van der Waals surface area contributed by atoms with E-state index in [0.717, 1.165) is 95.4 Å². The van der Waals surface area contributed by atoms with Crippen LogP contribution in [0.5, 0.6) is 0 Å². The number of rotatable bonds is 47. The predicted octanol–water partition coefficient (Wildman–Crippen LogP) is 15.3. The van der Waals surface area contributed by atoms with Crippen LogP contribution in [0.15, 0.2) is 16.9 Å². The maximum absolute atomic E-state index is 12.9. The molecule has 1 aromatic heterocycles. The Hall–Kier alpha value is -1.58. The van der Waals surface area contributed by atoms with Gasteiger partial charge in [0.1, 0.15) is 18.5 Å². The lowest BCUT2D eigenvalue weighted by Gasteiger charge is -2.22. The number of nitrogens with zero attached hydrogens (tertiary/aromatic N) is 2. The number of carbonyl (C=O) groups excluding carboxylic acids is 2. The van der Waals surface area contributed by atoms with Crippen molar-refractivity contribution in [2.75, 3.05) is 26.2 Å². The zero-order chi connectivity index (χ0) is 43.4. The Balaban J connectivity index is 2.33. The number of aromatic nitrogens is 1. The molecule has 1 heterocycles. The van der Waals surface area contributed by atoms with Gasteiger partial charge in [-0.05, 0) is 96.7 Å². The van der Waals surface area contributed by atoms with Crippen molar-refractivity contribution in [3.05, 3.63) is 18.0 Å². The van der Waals surface area contributed by atoms with E-state index < -0.39 is 0 Å². The fraction of sp³-hybridized carbons (Fsp3) is 0.902. The summed E-state index contributed by atoms with van der Waals surface area (Å²) >= 11 is 1.69. The van der Waals surface area contributed by atoms with Gasteiger partial charge in [0.25, 0.3) is 0 Å². The first kappa shape index (κ1) is 56.4. The highest BCUT2D eigenvalue weighted by atomic mass is 32.2. The lowest BCUT2D eigenvalue weighted by atomic mass is 10.0. The van der Waals surface area contributed by atoms with E-state index in [1.807, 2.05) is 6.07 Å². The Bertz CT molecular complexity index is 1030. The average molecular weight is 864 g/mol. The Kier molecular flexibility index (Phi) is 41.4. The van der Waals surface area contributed by atoms with Gasteiger partial charge in [-0.3, -0.25) is 14.3 Å². The highest BCUT2D eigenvalue weighted by Gasteiger charge is 2.15. The summed E-state index contributed by atoms with van der Waals surface area (Å²) in [6, 6.07) is 1.92. The zero-order valence-corrected chi connectivity index (χ0v) is 40.8. The van der Waals surface area contributed by atoms with Crippen LogP contribution < -0.4 is 4.72 Å². The van der Waals surface area contributed by atoms with E-state index in [9.17, 15) is 9.59 Å². The van der Waals surface area contributed by atoms with Gasteiger partial charge in [0.15, 0.2) is 0 Å². The van der Waals surface area contributed by atoms with Crippen molar-refractivity contribution in [3.63, 3.8) is 0 Å². The van der Waals surface area contributed by atoms with Crippen LogP contribution in [0.2, 0.25) is 0 Å². The largest absolute Gasteiger partial charge is 0.462 e. The monoisotopic (exact) mass is 864 g/mol. The molecule has 0 radical (unpaired) electrons. The minimum atomic E-state index is -0.00186. The third-order valence-corrected chi connectivity index (χ3v) is 12.8. The minimum absolute atomic E-state index is 0.00186. The normalized spacial score (nSPS) is 12.2. The molecule has 9 heteroatoms. The van der Waals surface area contributed by atoms with Crippen LogP contribution in [0, 0.1) is 0 Å². The molecule has 0 amide bonds. The van der Waals surface area contributed by atoms with Gasteiger partial charge in [0.05, 0.1) is 11.4 Å². The highest BCUT2D eigenvalue weighted by Crippen LogP contribution is 2.19. The number of unbranched alkanes of at least 4 members (excludes halogenated alkanes) is 23. The molecular weight excluding hydrogens is 767 g/mol. The minimum Gasteiger partial charge on any atom is -0.462 e. The molecule has 0 saturated heterocycles. The Labute approximate surface area is 375 Å². The van der Waals surface area contributed by atoms with Crippen molar-refractivity contribution >= 4 is 23.9 Å². The van der Waals surface area contributed by atoms with Crippen LogP contribution in [-0.4, -0.2) is 60.4 Å². The second-order valence-electron chi connectivity index (χ2n) is 17.7. The molecule has 0 aromatic carbocycles. The van der Waals surface area contributed by atoms with Crippen molar-refractivity contribution in [1.82, 2.24) is 14.8 Å². The molecule has 0 aliphatic carbocycles. The summed E-state index contributed by atoms with van der Waals surface area (Å²) in [6.07, 6.45) is 42.4. The second-order valence-corrected chi connectivity index (χ2v) is 18.6. The fourth-order valence-electron chi connectivity index (χ4n) is 8.04. The van der Waals surface area contributed by atoms with Crippen LogP contribution in [0.4, 0.5) is 0 Å². The van der Waals surface area contributed by atoms with E-state index in [-0.39, 0.29) is 24.1 Å². The van der Waals surface area contributed by atoms with E-state index in [4.69, 9.17) is 14.0 Å². The average Bonchev–Trinajstić information content (AvgIpc) is 3.77. The Morgan fingerprint density at radius 1 is 0.567 bits per heavy atom. The van der Waals surface area contributed by atoms with Crippen molar-refractivity contribution in [2.24, 2.45) is 0 Å². The molecule has 1 aromatic rings. The summed E-state index contributed by atoms with van der Waals surface area (Å²) in [4.78, 5) is 28.0. The molecular formula is C51H97N3O5S. The molecule has 8 nitrogen and oxygen atoms in total. The molecule has 1 rings (SSSR count). The van der Waals surface area contributed by atoms with Crippen molar-refractivity contribution in [2.45, 2.75) is 270 Å². The second kappa shape index (κ2) is 44.0. The van der Waals surface area contributed by atoms with Crippen molar-refractivity contribution in [3.8, 4) is 0 Å². The molecule has 60 heavy (non-hydrogen) atoms. The summed E-state index contributed by atoms with van der Waals surface area (Å²) in [5.41, 5.74) is 0.966. The van der Waals surface area contributed by atoms with Crippen LogP contribution >= 0.6 is 11.9 Å². The molecule has 1 atom stereocenters. The van der Waals surface area contributed by atoms with Gasteiger partial charge in [0.2, 0.25) is 0 Å². The quantitative estimate of drug-likeness (QED) is 0.0390. The molecule has 0 spiro atoms. The summed E-state index contributed by atoms with van der Waals surface area (Å²) in [5.74, 6) is 0.838. The van der Waals surface area contributed by atoms with Gasteiger partial charge in [-0.15, -0.1) is 0 Å². The van der Waals surface area contributed by atoms with Gasteiger partial charge < -0.3 is 18.9 Å². The van der Waals surface area contributed by atoms with Gasteiger partial charge >= 0.3 is 11.9 Å². The fourth-order valence-corrected chi connectivity index (χ4v) is 8.73. The predicted molar refractivity (Wildman–Crippen MR) is 256 cm³/mol. The summed E-state index contributed by atoms with van der Waals surface area (Å²) in [7, 11) is 0. The smallest absolute Gasteiger partial charge is 0.306 e. The van der Waals surface area contributed by atoms with Gasteiger partial charge in [-0.1, -0.05) is 180 Å². The summed E-state index contributed by atoms with van der Waals surface area (Å²) < 4.78 is 20.4. The molecule has 0 fully saturated rings. The summed E-state index contributed by atoms with van der Waals surface area (Å²) in [5, 5.41) is 3.99. The zero-order valence-electron chi connectivity index (χ0n) is 39.9. The van der Waals surface area contributed by atoms with Crippen LogP contribution in [-0.2, 0) is 24.8 Å². The third kappa shape index (κ3) is 37.0.